The van der Waals surface area contributed by atoms with Crippen LogP contribution >= 0.6 is 11.6 Å². The number of methoxy groups -OCH3 is 1. The average molecular weight is 229 g/mol. The summed E-state index contributed by atoms with van der Waals surface area (Å²) in [5.74, 6) is -0.258. The zero-order chi connectivity index (χ0) is 11.1. The van der Waals surface area contributed by atoms with E-state index in [9.17, 15) is 4.79 Å². The van der Waals surface area contributed by atoms with Crippen LogP contribution in [0.5, 0.6) is 0 Å². The summed E-state index contributed by atoms with van der Waals surface area (Å²) >= 11 is 5.72. The summed E-state index contributed by atoms with van der Waals surface area (Å²) in [6.07, 6.45) is 0.282. The fourth-order valence-electron chi connectivity index (χ4n) is 1.00. The smallest absolute Gasteiger partial charge is 0.308 e. The number of carbonyl (C=O) groups is 1. The van der Waals surface area contributed by atoms with E-state index in [1.165, 1.54) is 0 Å². The number of benzene rings is 1. The monoisotopic (exact) mass is 228 g/mol. The van der Waals surface area contributed by atoms with Gasteiger partial charge < -0.3 is 9.47 Å². The van der Waals surface area contributed by atoms with Gasteiger partial charge in [-0.3, -0.25) is 4.79 Å². The van der Waals surface area contributed by atoms with Gasteiger partial charge in [-0.2, -0.15) is 0 Å². The highest BCUT2D eigenvalue weighted by Crippen LogP contribution is 2.10. The summed E-state index contributed by atoms with van der Waals surface area (Å²) in [6, 6.07) is 7.18. The first-order valence-corrected chi connectivity index (χ1v) is 4.99. The molecule has 0 aliphatic heterocycles. The van der Waals surface area contributed by atoms with Crippen LogP contribution in [-0.4, -0.2) is 19.7 Å². The molecule has 0 fully saturated rings. The van der Waals surface area contributed by atoms with E-state index in [1.54, 1.807) is 19.2 Å². The Morgan fingerprint density at radius 2 is 2.00 bits per heavy atom. The van der Waals surface area contributed by atoms with Gasteiger partial charge in [-0.25, -0.2) is 0 Å². The van der Waals surface area contributed by atoms with Crippen LogP contribution in [0.1, 0.15) is 12.0 Å². The molecule has 0 heterocycles. The number of hydrogen-bond acceptors (Lipinski definition) is 3. The molecule has 1 aromatic rings. The molecule has 0 N–H and O–H groups in total. The molecular formula is C11H13ClO3. The number of carbonyl (C=O) groups excluding carboxylic acids is 1. The number of hydrogen-bond donors (Lipinski definition) is 0. The molecular weight excluding hydrogens is 216 g/mol. The van der Waals surface area contributed by atoms with Crippen LogP contribution in [0.3, 0.4) is 0 Å². The Labute approximate surface area is 93.9 Å². The quantitative estimate of drug-likeness (QED) is 0.726. The fourth-order valence-corrected chi connectivity index (χ4v) is 1.13. The maximum absolute atomic E-state index is 11.1. The van der Waals surface area contributed by atoms with Crippen LogP contribution in [0.4, 0.5) is 0 Å². The Hall–Kier alpha value is -1.06. The lowest BCUT2D eigenvalue weighted by molar-refractivity contribution is -0.145. The topological polar surface area (TPSA) is 35.5 Å². The van der Waals surface area contributed by atoms with E-state index in [1.807, 2.05) is 12.1 Å². The van der Waals surface area contributed by atoms with Crippen LogP contribution in [0.15, 0.2) is 24.3 Å². The lowest BCUT2D eigenvalue weighted by Crippen LogP contribution is -2.07. The predicted octanol–water partition coefficient (Wildman–Crippen LogP) is 2.42. The van der Waals surface area contributed by atoms with Crippen LogP contribution in [0, 0.1) is 0 Å². The van der Waals surface area contributed by atoms with Crippen molar-refractivity contribution in [2.75, 3.05) is 13.7 Å². The Balaban J connectivity index is 2.30. The van der Waals surface area contributed by atoms with Crippen LogP contribution in [0.25, 0.3) is 0 Å². The lowest BCUT2D eigenvalue weighted by atomic mass is 10.2. The molecule has 0 unspecified atom stereocenters. The molecule has 0 aliphatic rings. The second-order valence-corrected chi connectivity index (χ2v) is 3.47. The third kappa shape index (κ3) is 4.81. The molecule has 0 aliphatic carbocycles. The summed E-state index contributed by atoms with van der Waals surface area (Å²) in [4.78, 5) is 11.1. The minimum atomic E-state index is -0.258. The van der Waals surface area contributed by atoms with Gasteiger partial charge in [0.2, 0.25) is 0 Å². The molecule has 3 nitrogen and oxygen atoms in total. The van der Waals surface area contributed by atoms with Crippen LogP contribution < -0.4 is 0 Å². The first kappa shape index (κ1) is 12.0. The highest BCUT2D eigenvalue weighted by Gasteiger charge is 2.02. The summed E-state index contributed by atoms with van der Waals surface area (Å²) < 4.78 is 9.77. The predicted molar refractivity (Wildman–Crippen MR) is 57.7 cm³/mol. The molecule has 0 bridgehead atoms. The molecule has 0 aromatic heterocycles. The van der Waals surface area contributed by atoms with Gasteiger partial charge in [-0.15, -0.1) is 0 Å². The second kappa shape index (κ2) is 6.43. The van der Waals surface area contributed by atoms with Gasteiger partial charge in [0.1, 0.15) is 6.61 Å². The molecule has 1 aromatic carbocycles. The molecule has 0 amide bonds. The largest absolute Gasteiger partial charge is 0.461 e. The van der Waals surface area contributed by atoms with E-state index >= 15 is 0 Å². The maximum Gasteiger partial charge on any atom is 0.308 e. The highest BCUT2D eigenvalue weighted by atomic mass is 35.5. The number of rotatable bonds is 5. The third-order valence-electron chi connectivity index (χ3n) is 1.82. The molecule has 1 rings (SSSR count). The zero-order valence-electron chi connectivity index (χ0n) is 8.53. The molecule has 82 valence electrons. The Kier molecular flexibility index (Phi) is 5.15. The zero-order valence-corrected chi connectivity index (χ0v) is 9.29. The normalized spacial score (nSPS) is 10.0. The van der Waals surface area contributed by atoms with Gasteiger partial charge >= 0.3 is 5.97 Å². The van der Waals surface area contributed by atoms with Crippen molar-refractivity contribution in [2.45, 2.75) is 13.0 Å². The van der Waals surface area contributed by atoms with E-state index in [0.29, 0.717) is 11.6 Å². The summed E-state index contributed by atoms with van der Waals surface area (Å²) in [5.41, 5.74) is 0.921. The molecule has 15 heavy (non-hydrogen) atoms. The Morgan fingerprint density at radius 1 is 1.33 bits per heavy atom. The SMILES string of the molecule is COCCC(=O)OCc1ccc(Cl)cc1. The minimum Gasteiger partial charge on any atom is -0.461 e. The van der Waals surface area contributed by atoms with Crippen molar-refractivity contribution in [3.05, 3.63) is 34.9 Å². The van der Waals surface area contributed by atoms with Gasteiger partial charge in [0, 0.05) is 12.1 Å². The van der Waals surface area contributed by atoms with Gasteiger partial charge in [0.25, 0.3) is 0 Å². The lowest BCUT2D eigenvalue weighted by Gasteiger charge is -2.04. The number of halogens is 1. The molecule has 4 heteroatoms. The molecule has 0 spiro atoms. The van der Waals surface area contributed by atoms with Gasteiger partial charge in [0.15, 0.2) is 0 Å². The first-order chi connectivity index (χ1) is 7.22. The van der Waals surface area contributed by atoms with Crippen molar-refractivity contribution in [3.8, 4) is 0 Å². The third-order valence-corrected chi connectivity index (χ3v) is 2.08. The van der Waals surface area contributed by atoms with Crippen molar-refractivity contribution in [1.82, 2.24) is 0 Å². The standard InChI is InChI=1S/C11H13ClO3/c1-14-7-6-11(13)15-8-9-2-4-10(12)5-3-9/h2-5H,6-8H2,1H3. The maximum atomic E-state index is 11.1. The van der Waals surface area contributed by atoms with Crippen molar-refractivity contribution in [2.24, 2.45) is 0 Å². The fraction of sp³-hybridized carbons (Fsp3) is 0.364. The van der Waals surface area contributed by atoms with Gasteiger partial charge in [-0.05, 0) is 17.7 Å². The van der Waals surface area contributed by atoms with E-state index in [4.69, 9.17) is 21.1 Å². The highest BCUT2D eigenvalue weighted by molar-refractivity contribution is 6.30. The van der Waals surface area contributed by atoms with Crippen molar-refractivity contribution in [3.63, 3.8) is 0 Å². The Morgan fingerprint density at radius 3 is 2.60 bits per heavy atom. The summed E-state index contributed by atoms with van der Waals surface area (Å²) in [5, 5.41) is 0.671. The van der Waals surface area contributed by atoms with E-state index < -0.39 is 0 Å². The number of esters is 1. The van der Waals surface area contributed by atoms with Crippen molar-refractivity contribution < 1.29 is 14.3 Å². The molecule has 0 saturated heterocycles. The summed E-state index contributed by atoms with van der Waals surface area (Å²) in [6.45, 7) is 0.666. The molecule has 0 radical (unpaired) electrons. The van der Waals surface area contributed by atoms with Crippen molar-refractivity contribution >= 4 is 17.6 Å². The minimum absolute atomic E-state index is 0.258. The van der Waals surface area contributed by atoms with Gasteiger partial charge in [-0.1, -0.05) is 23.7 Å². The van der Waals surface area contributed by atoms with E-state index in [-0.39, 0.29) is 19.0 Å². The Bertz CT molecular complexity index is 308. The van der Waals surface area contributed by atoms with E-state index in [2.05, 4.69) is 0 Å². The first-order valence-electron chi connectivity index (χ1n) is 4.61. The molecule has 0 saturated carbocycles. The van der Waals surface area contributed by atoms with Crippen LogP contribution in [-0.2, 0) is 20.9 Å². The van der Waals surface area contributed by atoms with Gasteiger partial charge in [0.05, 0.1) is 13.0 Å². The number of ether oxygens (including phenoxy) is 2. The summed E-state index contributed by atoms with van der Waals surface area (Å²) in [7, 11) is 1.55. The second-order valence-electron chi connectivity index (χ2n) is 3.03. The van der Waals surface area contributed by atoms with Crippen LogP contribution in [0.2, 0.25) is 5.02 Å². The van der Waals surface area contributed by atoms with E-state index in [0.717, 1.165) is 5.56 Å². The molecule has 0 atom stereocenters. The van der Waals surface area contributed by atoms with Crippen molar-refractivity contribution in [1.29, 1.82) is 0 Å². The average Bonchev–Trinajstić information content (AvgIpc) is 2.25.